The third-order valence-corrected chi connectivity index (χ3v) is 6.06. The number of aromatic nitrogens is 3. The lowest BCUT2D eigenvalue weighted by molar-refractivity contribution is -0.122. The molecule has 2 aromatic heterocycles. The van der Waals surface area contributed by atoms with E-state index < -0.39 is 5.92 Å². The lowest BCUT2D eigenvalue weighted by Gasteiger charge is -2.17. The summed E-state index contributed by atoms with van der Waals surface area (Å²) in [5.74, 6) is 2.55. The Balaban J connectivity index is 1.19. The summed E-state index contributed by atoms with van der Waals surface area (Å²) in [5, 5.41) is 9.35. The van der Waals surface area contributed by atoms with Gasteiger partial charge in [-0.15, -0.1) is 0 Å². The van der Waals surface area contributed by atoms with E-state index in [1.54, 1.807) is 48.5 Å². The molecule has 2 aromatic carbocycles. The molecule has 0 aliphatic carbocycles. The van der Waals surface area contributed by atoms with Crippen molar-refractivity contribution in [2.75, 3.05) is 34.5 Å². The number of anilines is 6. The maximum atomic E-state index is 12.9. The van der Waals surface area contributed by atoms with Crippen molar-refractivity contribution in [3.8, 4) is 5.75 Å². The van der Waals surface area contributed by atoms with Gasteiger partial charge in [0.2, 0.25) is 11.8 Å². The molecule has 192 valence electrons. The number of hydrogen-bond acceptors (Lipinski definition) is 8. The predicted molar refractivity (Wildman–Crippen MR) is 146 cm³/mol. The van der Waals surface area contributed by atoms with Crippen LogP contribution in [0.25, 0.3) is 0 Å². The average Bonchev–Trinajstić information content (AvgIpc) is 3.32. The lowest BCUT2D eigenvalue weighted by atomic mass is 10.1. The van der Waals surface area contributed by atoms with Gasteiger partial charge in [-0.2, -0.15) is 0 Å². The quantitative estimate of drug-likeness (QED) is 0.313. The molecular formula is C28H27N7O3. The van der Waals surface area contributed by atoms with Crippen LogP contribution in [0.2, 0.25) is 0 Å². The van der Waals surface area contributed by atoms with Gasteiger partial charge in [0.15, 0.2) is 0 Å². The smallest absolute Gasteiger partial charge is 0.229 e. The molecule has 38 heavy (non-hydrogen) atoms. The Morgan fingerprint density at radius 2 is 1.63 bits per heavy atom. The van der Waals surface area contributed by atoms with E-state index in [1.165, 1.54) is 0 Å². The standard InChI is InChI=1S/C28H27N7O3/c1-18-30-25(16-26(31-18)34-24-5-3-4-14-29-24)32-20-6-8-21(9-7-20)33-28(37)19-15-27(36)35(17-19)22-10-12-23(38-2)13-11-22/h3-14,16,19H,15,17H2,1-2H3,(H,33,37)(H2,29,30,31,32,34). The van der Waals surface area contributed by atoms with Gasteiger partial charge >= 0.3 is 0 Å². The van der Waals surface area contributed by atoms with Crippen LogP contribution in [-0.4, -0.2) is 40.4 Å². The first-order valence-electron chi connectivity index (χ1n) is 12.1. The second-order valence-corrected chi connectivity index (χ2v) is 8.82. The van der Waals surface area contributed by atoms with Crippen LogP contribution in [0, 0.1) is 12.8 Å². The molecule has 1 saturated heterocycles. The first-order valence-corrected chi connectivity index (χ1v) is 12.1. The fraction of sp³-hybridized carbons (Fsp3) is 0.179. The highest BCUT2D eigenvalue weighted by Gasteiger charge is 2.35. The average molecular weight is 510 g/mol. The van der Waals surface area contributed by atoms with Crippen LogP contribution in [0.15, 0.2) is 79.0 Å². The number of amides is 2. The largest absolute Gasteiger partial charge is 0.497 e. The van der Waals surface area contributed by atoms with Crippen molar-refractivity contribution in [1.82, 2.24) is 15.0 Å². The number of aryl methyl sites for hydroxylation is 1. The fourth-order valence-electron chi connectivity index (χ4n) is 4.19. The predicted octanol–water partition coefficient (Wildman–Crippen LogP) is 4.67. The highest BCUT2D eigenvalue weighted by molar-refractivity contribution is 6.03. The molecule has 2 amide bonds. The molecule has 3 heterocycles. The van der Waals surface area contributed by atoms with Crippen molar-refractivity contribution in [1.29, 1.82) is 0 Å². The number of ether oxygens (including phenoxy) is 1. The number of carbonyl (C=O) groups is 2. The lowest BCUT2D eigenvalue weighted by Crippen LogP contribution is -2.28. The number of methoxy groups -OCH3 is 1. The monoisotopic (exact) mass is 509 g/mol. The number of nitrogens with one attached hydrogen (secondary N) is 3. The van der Waals surface area contributed by atoms with Gasteiger partial charge in [0.1, 0.15) is 29.0 Å². The Hall–Kier alpha value is -4.99. The summed E-state index contributed by atoms with van der Waals surface area (Å²) in [4.78, 5) is 40.2. The van der Waals surface area contributed by atoms with Crippen LogP contribution in [0.5, 0.6) is 5.75 Å². The molecule has 1 atom stereocenters. The number of hydrogen-bond donors (Lipinski definition) is 3. The molecule has 1 fully saturated rings. The molecule has 0 saturated carbocycles. The van der Waals surface area contributed by atoms with E-state index in [4.69, 9.17) is 4.74 Å². The molecule has 5 rings (SSSR count). The summed E-state index contributed by atoms with van der Waals surface area (Å²) >= 11 is 0. The van der Waals surface area contributed by atoms with Gasteiger partial charge < -0.3 is 25.6 Å². The van der Waals surface area contributed by atoms with Crippen molar-refractivity contribution in [3.63, 3.8) is 0 Å². The molecule has 4 aromatic rings. The Morgan fingerprint density at radius 1 is 0.921 bits per heavy atom. The molecule has 3 N–H and O–H groups in total. The van der Waals surface area contributed by atoms with Crippen molar-refractivity contribution < 1.29 is 14.3 Å². The van der Waals surface area contributed by atoms with E-state index in [0.717, 1.165) is 11.4 Å². The summed E-state index contributed by atoms with van der Waals surface area (Å²) in [7, 11) is 1.59. The maximum Gasteiger partial charge on any atom is 0.229 e. The van der Waals surface area contributed by atoms with E-state index in [0.29, 0.717) is 41.3 Å². The minimum Gasteiger partial charge on any atom is -0.497 e. The van der Waals surface area contributed by atoms with Gasteiger partial charge in [-0.05, 0) is 67.6 Å². The zero-order chi connectivity index (χ0) is 26.5. The normalized spacial score (nSPS) is 14.7. The van der Waals surface area contributed by atoms with Crippen LogP contribution in [-0.2, 0) is 9.59 Å². The molecule has 1 aliphatic rings. The highest BCUT2D eigenvalue weighted by atomic mass is 16.5. The van der Waals surface area contributed by atoms with Gasteiger partial charge in [-0.3, -0.25) is 9.59 Å². The Kier molecular flexibility index (Phi) is 7.12. The van der Waals surface area contributed by atoms with Crippen molar-refractivity contribution in [2.24, 2.45) is 5.92 Å². The van der Waals surface area contributed by atoms with Crippen molar-refractivity contribution in [2.45, 2.75) is 13.3 Å². The van der Waals surface area contributed by atoms with Crippen LogP contribution in [0.4, 0.5) is 34.5 Å². The number of rotatable bonds is 8. The minimum absolute atomic E-state index is 0.0769. The van der Waals surface area contributed by atoms with Crippen LogP contribution >= 0.6 is 0 Å². The summed E-state index contributed by atoms with van der Waals surface area (Å²) < 4.78 is 5.17. The van der Waals surface area contributed by atoms with E-state index in [-0.39, 0.29) is 18.2 Å². The zero-order valence-corrected chi connectivity index (χ0v) is 21.0. The maximum absolute atomic E-state index is 12.9. The van der Waals surface area contributed by atoms with Crippen molar-refractivity contribution in [3.05, 3.63) is 84.8 Å². The SMILES string of the molecule is COc1ccc(N2CC(C(=O)Nc3ccc(Nc4cc(Nc5ccccn5)nc(C)n4)cc3)CC2=O)cc1. The molecule has 1 aliphatic heterocycles. The van der Waals surface area contributed by atoms with Crippen LogP contribution < -0.4 is 25.6 Å². The fourth-order valence-corrected chi connectivity index (χ4v) is 4.19. The van der Waals surface area contributed by atoms with Gasteiger partial charge in [0.05, 0.1) is 13.0 Å². The number of benzene rings is 2. The molecule has 10 heteroatoms. The van der Waals surface area contributed by atoms with Gasteiger partial charge in [0.25, 0.3) is 0 Å². The second-order valence-electron chi connectivity index (χ2n) is 8.82. The van der Waals surface area contributed by atoms with E-state index >= 15 is 0 Å². The van der Waals surface area contributed by atoms with Crippen LogP contribution in [0.1, 0.15) is 12.2 Å². The van der Waals surface area contributed by atoms with Gasteiger partial charge in [-0.25, -0.2) is 15.0 Å². The number of carbonyl (C=O) groups excluding carboxylic acids is 2. The number of pyridine rings is 1. The molecule has 0 bridgehead atoms. The second kappa shape index (κ2) is 11.0. The number of nitrogens with zero attached hydrogens (tertiary/aromatic N) is 4. The molecule has 10 nitrogen and oxygen atoms in total. The summed E-state index contributed by atoms with van der Waals surface area (Å²) in [6, 6.07) is 21.9. The van der Waals surface area contributed by atoms with E-state index in [1.807, 2.05) is 49.4 Å². The zero-order valence-electron chi connectivity index (χ0n) is 21.0. The summed E-state index contributed by atoms with van der Waals surface area (Å²) in [6.45, 7) is 2.15. The summed E-state index contributed by atoms with van der Waals surface area (Å²) in [5.41, 5.74) is 2.19. The van der Waals surface area contributed by atoms with E-state index in [2.05, 4.69) is 30.9 Å². The Bertz CT molecular complexity index is 1430. The molecular weight excluding hydrogens is 482 g/mol. The van der Waals surface area contributed by atoms with Gasteiger partial charge in [0, 0.05) is 42.3 Å². The Morgan fingerprint density at radius 3 is 2.32 bits per heavy atom. The van der Waals surface area contributed by atoms with Crippen LogP contribution in [0.3, 0.4) is 0 Å². The topological polar surface area (TPSA) is 121 Å². The van der Waals surface area contributed by atoms with E-state index in [9.17, 15) is 9.59 Å². The molecule has 0 spiro atoms. The first kappa shape index (κ1) is 24.7. The minimum atomic E-state index is -0.434. The third-order valence-electron chi connectivity index (χ3n) is 6.06. The first-order chi connectivity index (χ1) is 18.5. The molecule has 1 unspecified atom stereocenters. The Labute approximate surface area is 220 Å². The highest BCUT2D eigenvalue weighted by Crippen LogP contribution is 2.28. The molecule has 0 radical (unpaired) electrons. The van der Waals surface area contributed by atoms with Gasteiger partial charge in [-0.1, -0.05) is 6.07 Å². The van der Waals surface area contributed by atoms with Crippen molar-refractivity contribution >= 4 is 46.3 Å². The third kappa shape index (κ3) is 5.86. The summed E-state index contributed by atoms with van der Waals surface area (Å²) in [6.07, 6.45) is 1.87.